The summed E-state index contributed by atoms with van der Waals surface area (Å²) < 4.78 is 12.8. The third-order valence-electron chi connectivity index (χ3n) is 4.45. The third kappa shape index (κ3) is 2.81. The summed E-state index contributed by atoms with van der Waals surface area (Å²) in [5.41, 5.74) is 4.70. The highest BCUT2D eigenvalue weighted by Gasteiger charge is 2.51. The Morgan fingerprint density at radius 1 is 1.00 bits per heavy atom. The number of amides is 2. The second-order valence-electron chi connectivity index (χ2n) is 5.79. The van der Waals surface area contributed by atoms with Gasteiger partial charge in [-0.15, -0.1) is 0 Å². The Balaban J connectivity index is 1.63. The van der Waals surface area contributed by atoms with Gasteiger partial charge in [-0.3, -0.25) is 25.2 Å². The van der Waals surface area contributed by atoms with E-state index in [2.05, 4.69) is 10.9 Å². The predicted octanol–water partition coefficient (Wildman–Crippen LogP) is 1.11. The van der Waals surface area contributed by atoms with Crippen molar-refractivity contribution in [1.82, 2.24) is 10.9 Å². The topological polar surface area (TPSA) is 95.5 Å². The molecule has 0 radical (unpaired) electrons. The number of carbonyl (C=O) groups excluding carboxylic acids is 2. The number of rotatable bonds is 3. The Bertz CT molecular complexity index is 686. The van der Waals surface area contributed by atoms with Gasteiger partial charge in [0.2, 0.25) is 5.91 Å². The Morgan fingerprint density at radius 2 is 1.61 bits per heavy atom. The van der Waals surface area contributed by atoms with Gasteiger partial charge < -0.3 is 5.11 Å². The first-order valence-electron chi connectivity index (χ1n) is 7.24. The smallest absolute Gasteiger partial charge is 0.307 e. The lowest BCUT2D eigenvalue weighted by Gasteiger charge is -2.23. The van der Waals surface area contributed by atoms with Crippen molar-refractivity contribution in [3.05, 3.63) is 47.8 Å². The molecule has 2 aliphatic carbocycles. The van der Waals surface area contributed by atoms with Gasteiger partial charge in [0, 0.05) is 5.56 Å². The molecule has 1 saturated carbocycles. The SMILES string of the molecule is O=C(NNC(=O)[C@H]1[C@@H](C(=O)O)[C@H]2C=C[C@@H]1C2)c1ccc(F)cc1. The van der Waals surface area contributed by atoms with Gasteiger partial charge in [0.15, 0.2) is 0 Å². The fraction of sp³-hybridized carbons (Fsp3) is 0.312. The molecule has 7 heteroatoms. The number of fused-ring (bicyclic) bond motifs is 2. The molecule has 2 bridgehead atoms. The molecule has 0 saturated heterocycles. The summed E-state index contributed by atoms with van der Waals surface area (Å²) in [6.45, 7) is 0. The van der Waals surface area contributed by atoms with Crippen molar-refractivity contribution < 1.29 is 23.9 Å². The third-order valence-corrected chi connectivity index (χ3v) is 4.45. The molecule has 6 nitrogen and oxygen atoms in total. The number of hydrogen-bond acceptors (Lipinski definition) is 3. The fourth-order valence-corrected chi connectivity index (χ4v) is 3.39. The van der Waals surface area contributed by atoms with Crippen molar-refractivity contribution in [3.8, 4) is 0 Å². The largest absolute Gasteiger partial charge is 0.481 e. The lowest BCUT2D eigenvalue weighted by Crippen LogP contribution is -2.48. The zero-order chi connectivity index (χ0) is 16.6. The molecule has 0 heterocycles. The molecule has 2 aliphatic rings. The molecule has 0 aromatic heterocycles. The molecule has 1 fully saturated rings. The van der Waals surface area contributed by atoms with E-state index in [-0.39, 0.29) is 17.4 Å². The van der Waals surface area contributed by atoms with Crippen LogP contribution in [0.5, 0.6) is 0 Å². The maximum atomic E-state index is 12.8. The van der Waals surface area contributed by atoms with E-state index >= 15 is 0 Å². The van der Waals surface area contributed by atoms with Crippen molar-refractivity contribution in [1.29, 1.82) is 0 Å². The van der Waals surface area contributed by atoms with E-state index in [1.807, 2.05) is 12.2 Å². The van der Waals surface area contributed by atoms with E-state index in [4.69, 9.17) is 0 Å². The van der Waals surface area contributed by atoms with Crippen LogP contribution in [-0.4, -0.2) is 22.9 Å². The monoisotopic (exact) mass is 318 g/mol. The van der Waals surface area contributed by atoms with E-state index in [9.17, 15) is 23.9 Å². The molecule has 0 unspecified atom stereocenters. The molecular formula is C16H15FN2O4. The molecule has 3 rings (SSSR count). The van der Waals surface area contributed by atoms with Gasteiger partial charge in [0.1, 0.15) is 5.82 Å². The van der Waals surface area contributed by atoms with Crippen LogP contribution >= 0.6 is 0 Å². The van der Waals surface area contributed by atoms with Crippen LogP contribution in [0.25, 0.3) is 0 Å². The summed E-state index contributed by atoms with van der Waals surface area (Å²) in [4.78, 5) is 35.5. The van der Waals surface area contributed by atoms with Crippen LogP contribution in [0, 0.1) is 29.5 Å². The van der Waals surface area contributed by atoms with Crippen molar-refractivity contribution in [2.45, 2.75) is 6.42 Å². The molecule has 23 heavy (non-hydrogen) atoms. The number of carboxylic acids is 1. The standard InChI is InChI=1S/C16H15FN2O4/c17-11-5-3-8(4-6-11)14(20)18-19-15(21)12-9-1-2-10(7-9)13(12)16(22)23/h1-6,9-10,12-13H,7H2,(H,18,20)(H,19,21)(H,22,23)/t9-,10+,12-,13+/m1/s1. The first-order chi connectivity index (χ1) is 11.0. The minimum absolute atomic E-state index is 0.121. The normalized spacial score (nSPS) is 27.7. The van der Waals surface area contributed by atoms with Crippen molar-refractivity contribution >= 4 is 17.8 Å². The highest BCUT2D eigenvalue weighted by molar-refractivity contribution is 5.96. The van der Waals surface area contributed by atoms with Gasteiger partial charge in [-0.05, 0) is 42.5 Å². The molecule has 120 valence electrons. The molecule has 3 N–H and O–H groups in total. The molecule has 1 aromatic rings. The number of aliphatic carboxylic acids is 1. The van der Waals surface area contributed by atoms with Gasteiger partial charge in [0.05, 0.1) is 11.8 Å². The Labute approximate surface area is 131 Å². The van der Waals surface area contributed by atoms with E-state index in [0.717, 1.165) is 12.1 Å². The van der Waals surface area contributed by atoms with Crippen LogP contribution < -0.4 is 10.9 Å². The number of hydrazine groups is 1. The summed E-state index contributed by atoms with van der Waals surface area (Å²) >= 11 is 0. The molecular weight excluding hydrogens is 303 g/mol. The average Bonchev–Trinajstić information content (AvgIpc) is 3.13. The molecule has 0 aliphatic heterocycles. The number of benzene rings is 1. The maximum Gasteiger partial charge on any atom is 0.307 e. The number of halogens is 1. The van der Waals surface area contributed by atoms with Crippen LogP contribution in [0.15, 0.2) is 36.4 Å². The number of carbonyl (C=O) groups is 3. The minimum Gasteiger partial charge on any atom is -0.481 e. The number of hydrogen-bond donors (Lipinski definition) is 3. The van der Waals surface area contributed by atoms with Crippen molar-refractivity contribution in [2.75, 3.05) is 0 Å². The Kier molecular flexibility index (Phi) is 3.85. The number of allylic oxidation sites excluding steroid dienone is 2. The van der Waals surface area contributed by atoms with Gasteiger partial charge >= 0.3 is 5.97 Å². The van der Waals surface area contributed by atoms with Crippen LogP contribution in [0.3, 0.4) is 0 Å². The first-order valence-corrected chi connectivity index (χ1v) is 7.24. The summed E-state index contributed by atoms with van der Waals surface area (Å²) in [5.74, 6) is -4.32. The van der Waals surface area contributed by atoms with Crippen LogP contribution in [-0.2, 0) is 9.59 Å². The number of nitrogens with one attached hydrogen (secondary N) is 2. The fourth-order valence-electron chi connectivity index (χ4n) is 3.39. The molecule has 0 spiro atoms. The second-order valence-corrected chi connectivity index (χ2v) is 5.79. The highest BCUT2D eigenvalue weighted by atomic mass is 19.1. The second kappa shape index (κ2) is 5.83. The Morgan fingerprint density at radius 3 is 2.22 bits per heavy atom. The van der Waals surface area contributed by atoms with Crippen LogP contribution in [0.1, 0.15) is 16.8 Å². The summed E-state index contributed by atoms with van der Waals surface area (Å²) in [6, 6.07) is 4.85. The summed E-state index contributed by atoms with van der Waals surface area (Å²) in [7, 11) is 0. The maximum absolute atomic E-state index is 12.8. The molecule has 2 amide bonds. The van der Waals surface area contributed by atoms with Gasteiger partial charge in [-0.1, -0.05) is 12.2 Å². The lowest BCUT2D eigenvalue weighted by atomic mass is 9.82. The summed E-state index contributed by atoms with van der Waals surface area (Å²) in [6.07, 6.45) is 4.33. The number of carboxylic acid groups (broad SMARTS) is 1. The van der Waals surface area contributed by atoms with Crippen LogP contribution in [0.2, 0.25) is 0 Å². The van der Waals surface area contributed by atoms with Gasteiger partial charge in [-0.2, -0.15) is 0 Å². The van der Waals surface area contributed by atoms with Crippen LogP contribution in [0.4, 0.5) is 4.39 Å². The zero-order valence-corrected chi connectivity index (χ0v) is 12.0. The highest BCUT2D eigenvalue weighted by Crippen LogP contribution is 2.48. The average molecular weight is 318 g/mol. The molecule has 4 atom stereocenters. The van der Waals surface area contributed by atoms with E-state index in [0.29, 0.717) is 6.42 Å². The van der Waals surface area contributed by atoms with Gasteiger partial charge in [-0.25, -0.2) is 4.39 Å². The van der Waals surface area contributed by atoms with Crippen molar-refractivity contribution in [3.63, 3.8) is 0 Å². The first kappa shape index (κ1) is 15.2. The minimum atomic E-state index is -1.01. The molecule has 1 aromatic carbocycles. The zero-order valence-electron chi connectivity index (χ0n) is 12.0. The van der Waals surface area contributed by atoms with Crippen molar-refractivity contribution in [2.24, 2.45) is 23.7 Å². The predicted molar refractivity (Wildman–Crippen MR) is 77.4 cm³/mol. The lowest BCUT2D eigenvalue weighted by molar-refractivity contribution is -0.148. The van der Waals surface area contributed by atoms with E-state index in [1.165, 1.54) is 12.1 Å². The quantitative estimate of drug-likeness (QED) is 0.575. The van der Waals surface area contributed by atoms with E-state index < -0.39 is 35.4 Å². The summed E-state index contributed by atoms with van der Waals surface area (Å²) in [5, 5.41) is 9.30. The van der Waals surface area contributed by atoms with E-state index in [1.54, 1.807) is 0 Å². The Hall–Kier alpha value is -2.70. The van der Waals surface area contributed by atoms with Gasteiger partial charge in [0.25, 0.3) is 5.91 Å².